The summed E-state index contributed by atoms with van der Waals surface area (Å²) in [5.74, 6) is -0.537. The zero-order valence-electron chi connectivity index (χ0n) is 17.1. The van der Waals surface area contributed by atoms with Gasteiger partial charge in [-0.3, -0.25) is 4.84 Å². The van der Waals surface area contributed by atoms with E-state index in [4.69, 9.17) is 14.3 Å². The van der Waals surface area contributed by atoms with Crippen molar-refractivity contribution in [2.24, 2.45) is 0 Å². The van der Waals surface area contributed by atoms with Crippen molar-refractivity contribution < 1.29 is 29.0 Å². The number of esters is 1. The Morgan fingerprint density at radius 1 is 1.00 bits per heavy atom. The highest BCUT2D eigenvalue weighted by Gasteiger charge is 2.35. The molecule has 0 saturated heterocycles. The van der Waals surface area contributed by atoms with Crippen molar-refractivity contribution in [3.05, 3.63) is 65.7 Å². The Labute approximate surface area is 170 Å². The maximum Gasteiger partial charge on any atom is 0.435 e. The number of phenols is 1. The third kappa shape index (κ3) is 7.12. The number of carbonyl (C=O) groups excluding carboxylic acids is 2. The summed E-state index contributed by atoms with van der Waals surface area (Å²) >= 11 is 0. The molecule has 7 nitrogen and oxygen atoms in total. The number of carbonyl (C=O) groups is 2. The van der Waals surface area contributed by atoms with Crippen LogP contribution in [0.25, 0.3) is 0 Å². The van der Waals surface area contributed by atoms with Crippen molar-refractivity contribution in [1.29, 1.82) is 0 Å². The largest absolute Gasteiger partial charge is 0.508 e. The molecular weight excluding hydrogens is 374 g/mol. The van der Waals surface area contributed by atoms with Crippen molar-refractivity contribution in [3.8, 4) is 5.75 Å². The van der Waals surface area contributed by atoms with Crippen LogP contribution in [0, 0.1) is 0 Å². The van der Waals surface area contributed by atoms with Crippen molar-refractivity contribution >= 4 is 12.1 Å². The van der Waals surface area contributed by atoms with E-state index in [1.165, 1.54) is 19.2 Å². The van der Waals surface area contributed by atoms with Crippen molar-refractivity contribution in [2.45, 2.75) is 45.4 Å². The van der Waals surface area contributed by atoms with Gasteiger partial charge in [0.05, 0.1) is 7.11 Å². The van der Waals surface area contributed by atoms with Crippen molar-refractivity contribution in [3.63, 3.8) is 0 Å². The van der Waals surface area contributed by atoms with E-state index in [0.717, 1.165) is 16.2 Å². The molecule has 1 unspecified atom stereocenters. The molecule has 0 aliphatic rings. The van der Waals surface area contributed by atoms with Crippen LogP contribution in [-0.2, 0) is 32.1 Å². The van der Waals surface area contributed by atoms with Crippen LogP contribution in [0.1, 0.15) is 31.9 Å². The number of amides is 1. The van der Waals surface area contributed by atoms with E-state index < -0.39 is 23.7 Å². The number of methoxy groups -OCH3 is 1. The number of hydrogen-bond donors (Lipinski definition) is 1. The van der Waals surface area contributed by atoms with E-state index in [0.29, 0.717) is 0 Å². The Morgan fingerprint density at radius 2 is 1.62 bits per heavy atom. The predicted molar refractivity (Wildman–Crippen MR) is 107 cm³/mol. The van der Waals surface area contributed by atoms with Gasteiger partial charge in [-0.15, -0.1) is 0 Å². The van der Waals surface area contributed by atoms with E-state index >= 15 is 0 Å². The first-order valence-electron chi connectivity index (χ1n) is 9.24. The van der Waals surface area contributed by atoms with E-state index in [2.05, 4.69) is 0 Å². The predicted octanol–water partition coefficient (Wildman–Crippen LogP) is 3.85. The number of nitrogens with zero attached hydrogens (tertiary/aromatic N) is 1. The maximum absolute atomic E-state index is 12.8. The molecule has 1 atom stereocenters. The summed E-state index contributed by atoms with van der Waals surface area (Å²) in [6.07, 6.45) is -0.663. The number of ether oxygens (including phenoxy) is 2. The molecular formula is C22H27NO6. The molecule has 2 aromatic carbocycles. The van der Waals surface area contributed by atoms with Gasteiger partial charge < -0.3 is 14.6 Å². The lowest BCUT2D eigenvalue weighted by molar-refractivity contribution is -0.194. The number of benzene rings is 2. The van der Waals surface area contributed by atoms with Crippen LogP contribution in [-0.4, -0.2) is 41.0 Å². The molecule has 2 aromatic rings. The Balaban J connectivity index is 2.29. The highest BCUT2D eigenvalue weighted by atomic mass is 16.7. The average molecular weight is 401 g/mol. The number of aromatic hydroxyl groups is 1. The lowest BCUT2D eigenvalue weighted by Crippen LogP contribution is -2.48. The topological polar surface area (TPSA) is 85.3 Å². The minimum absolute atomic E-state index is 0.0726. The Kier molecular flexibility index (Phi) is 7.61. The Morgan fingerprint density at radius 3 is 2.17 bits per heavy atom. The molecule has 2 rings (SSSR count). The van der Waals surface area contributed by atoms with Crippen molar-refractivity contribution in [1.82, 2.24) is 5.06 Å². The molecule has 0 heterocycles. The van der Waals surface area contributed by atoms with Gasteiger partial charge in [0.25, 0.3) is 0 Å². The normalized spacial score (nSPS) is 12.1. The van der Waals surface area contributed by atoms with E-state index in [1.807, 2.05) is 30.3 Å². The first kappa shape index (κ1) is 22.2. The molecule has 0 bridgehead atoms. The molecule has 1 amide bonds. The molecule has 0 spiro atoms. The standard InChI is InChI=1S/C22H27NO6/c1-22(2,3)29-21(26)23(28-15-17-8-6-5-7-9-17)19(20(25)27-4)14-16-10-12-18(24)13-11-16/h5-13,19,24H,14-15H2,1-4H3. The number of phenolic OH excluding ortho intramolecular Hbond substituents is 1. The van der Waals surface area contributed by atoms with Crippen LogP contribution in [0.4, 0.5) is 4.79 Å². The molecule has 0 aromatic heterocycles. The monoisotopic (exact) mass is 401 g/mol. The Bertz CT molecular complexity index is 798. The summed E-state index contributed by atoms with van der Waals surface area (Å²) in [4.78, 5) is 31.0. The zero-order valence-corrected chi connectivity index (χ0v) is 17.1. The summed E-state index contributed by atoms with van der Waals surface area (Å²) in [6.45, 7) is 5.26. The molecule has 0 aliphatic carbocycles. The van der Waals surface area contributed by atoms with Crippen molar-refractivity contribution in [2.75, 3.05) is 7.11 Å². The minimum atomic E-state index is -1.07. The van der Waals surface area contributed by atoms with Crippen LogP contribution in [0.2, 0.25) is 0 Å². The van der Waals surface area contributed by atoms with Crippen LogP contribution in [0.15, 0.2) is 54.6 Å². The SMILES string of the molecule is COC(=O)C(Cc1ccc(O)cc1)N(OCc1ccccc1)C(=O)OC(C)(C)C. The fourth-order valence-corrected chi connectivity index (χ4v) is 2.55. The summed E-state index contributed by atoms with van der Waals surface area (Å²) in [5, 5.41) is 10.4. The summed E-state index contributed by atoms with van der Waals surface area (Å²) in [7, 11) is 1.25. The van der Waals surface area contributed by atoms with Gasteiger partial charge in [-0.2, -0.15) is 5.06 Å². The average Bonchev–Trinajstić information content (AvgIpc) is 2.67. The fourth-order valence-electron chi connectivity index (χ4n) is 2.55. The molecule has 0 radical (unpaired) electrons. The minimum Gasteiger partial charge on any atom is -0.508 e. The lowest BCUT2D eigenvalue weighted by Gasteiger charge is -2.31. The number of hydroxylamine groups is 2. The second-order valence-electron chi connectivity index (χ2n) is 7.47. The first-order valence-corrected chi connectivity index (χ1v) is 9.24. The molecule has 156 valence electrons. The quantitative estimate of drug-likeness (QED) is 0.560. The van der Waals surface area contributed by atoms with Crippen LogP contribution < -0.4 is 0 Å². The fraction of sp³-hybridized carbons (Fsp3) is 0.364. The van der Waals surface area contributed by atoms with E-state index in [9.17, 15) is 14.7 Å². The highest BCUT2D eigenvalue weighted by Crippen LogP contribution is 2.19. The van der Waals surface area contributed by atoms with Gasteiger partial charge in [-0.1, -0.05) is 42.5 Å². The summed E-state index contributed by atoms with van der Waals surface area (Å²) < 4.78 is 10.3. The van der Waals surface area contributed by atoms with Gasteiger partial charge in [-0.05, 0) is 44.0 Å². The van der Waals surface area contributed by atoms with E-state index in [1.54, 1.807) is 32.9 Å². The van der Waals surface area contributed by atoms with Gasteiger partial charge >= 0.3 is 12.1 Å². The van der Waals surface area contributed by atoms with Gasteiger partial charge in [-0.25, -0.2) is 9.59 Å². The second-order valence-corrected chi connectivity index (χ2v) is 7.47. The number of hydrogen-bond acceptors (Lipinski definition) is 6. The smallest absolute Gasteiger partial charge is 0.435 e. The highest BCUT2D eigenvalue weighted by molar-refractivity contribution is 5.81. The van der Waals surface area contributed by atoms with E-state index in [-0.39, 0.29) is 18.8 Å². The van der Waals surface area contributed by atoms with Gasteiger partial charge in [0, 0.05) is 6.42 Å². The zero-order chi connectivity index (χ0) is 21.4. The third-order valence-electron chi connectivity index (χ3n) is 3.91. The van der Waals surface area contributed by atoms with Gasteiger partial charge in [0.2, 0.25) is 0 Å². The van der Waals surface area contributed by atoms with Crippen LogP contribution in [0.3, 0.4) is 0 Å². The third-order valence-corrected chi connectivity index (χ3v) is 3.91. The van der Waals surface area contributed by atoms with Crippen LogP contribution >= 0.6 is 0 Å². The molecule has 1 N–H and O–H groups in total. The lowest BCUT2D eigenvalue weighted by atomic mass is 10.1. The number of rotatable bonds is 7. The van der Waals surface area contributed by atoms with Crippen LogP contribution in [0.5, 0.6) is 5.75 Å². The second kappa shape index (κ2) is 9.93. The molecule has 0 aliphatic heterocycles. The summed E-state index contributed by atoms with van der Waals surface area (Å²) in [6, 6.07) is 14.5. The Hall–Kier alpha value is -3.06. The molecule has 29 heavy (non-hydrogen) atoms. The summed E-state index contributed by atoms with van der Waals surface area (Å²) in [5.41, 5.74) is 0.773. The molecule has 0 fully saturated rings. The maximum atomic E-state index is 12.8. The first-order chi connectivity index (χ1) is 13.7. The van der Waals surface area contributed by atoms with Gasteiger partial charge in [0.1, 0.15) is 18.0 Å². The van der Waals surface area contributed by atoms with Gasteiger partial charge in [0.15, 0.2) is 6.04 Å². The molecule has 7 heteroatoms. The molecule has 0 saturated carbocycles.